The van der Waals surface area contributed by atoms with E-state index in [-0.39, 0.29) is 5.91 Å². The topological polar surface area (TPSA) is 42.4 Å². The van der Waals surface area contributed by atoms with E-state index in [4.69, 9.17) is 4.74 Å². The van der Waals surface area contributed by atoms with Crippen LogP contribution in [0.5, 0.6) is 5.88 Å². The molecule has 4 nitrogen and oxygen atoms in total. The molecule has 0 fully saturated rings. The Morgan fingerprint density at radius 3 is 2.75 bits per heavy atom. The van der Waals surface area contributed by atoms with E-state index in [0.29, 0.717) is 12.4 Å². The normalized spacial score (nSPS) is 13.6. The minimum atomic E-state index is 0.0936. The lowest BCUT2D eigenvalue weighted by Gasteiger charge is -2.08. The van der Waals surface area contributed by atoms with Crippen molar-refractivity contribution in [1.82, 2.24) is 9.88 Å². The highest BCUT2D eigenvalue weighted by molar-refractivity contribution is 5.98. The number of fused-ring (bicyclic) bond motifs is 1. The third-order valence-electron chi connectivity index (χ3n) is 3.70. The molecule has 2 aromatic rings. The largest absolute Gasteiger partial charge is 0.481 e. The third-order valence-corrected chi connectivity index (χ3v) is 3.70. The molecule has 102 valence electrons. The monoisotopic (exact) mass is 268 g/mol. The van der Waals surface area contributed by atoms with Crippen LogP contribution in [-0.2, 0) is 6.54 Å². The molecule has 0 aliphatic carbocycles. The maximum Gasteiger partial charge on any atom is 0.254 e. The van der Waals surface area contributed by atoms with Crippen molar-refractivity contribution < 1.29 is 9.53 Å². The number of pyridine rings is 1. The van der Waals surface area contributed by atoms with E-state index < -0.39 is 0 Å². The molecule has 1 aromatic heterocycles. The predicted octanol–water partition coefficient (Wildman–Crippen LogP) is 2.65. The molecule has 1 aliphatic heterocycles. The van der Waals surface area contributed by atoms with Gasteiger partial charge in [0.2, 0.25) is 5.88 Å². The van der Waals surface area contributed by atoms with E-state index in [1.165, 1.54) is 0 Å². The van der Waals surface area contributed by atoms with Crippen LogP contribution >= 0.6 is 0 Å². The Kier molecular flexibility index (Phi) is 2.93. The van der Waals surface area contributed by atoms with Gasteiger partial charge in [-0.25, -0.2) is 4.98 Å². The zero-order chi connectivity index (χ0) is 14.3. The van der Waals surface area contributed by atoms with Gasteiger partial charge in [-0.05, 0) is 35.7 Å². The zero-order valence-corrected chi connectivity index (χ0v) is 11.8. The van der Waals surface area contributed by atoms with Gasteiger partial charge in [0.25, 0.3) is 5.91 Å². The number of methoxy groups -OCH3 is 1. The van der Waals surface area contributed by atoms with E-state index in [1.54, 1.807) is 12.0 Å². The van der Waals surface area contributed by atoms with Gasteiger partial charge in [0.1, 0.15) is 0 Å². The Morgan fingerprint density at radius 1 is 1.25 bits per heavy atom. The van der Waals surface area contributed by atoms with Crippen molar-refractivity contribution in [2.75, 3.05) is 14.2 Å². The Balaban J connectivity index is 2.05. The number of carbonyl (C=O) groups excluding carboxylic acids is 1. The lowest BCUT2D eigenvalue weighted by Crippen LogP contribution is -2.17. The first-order valence-corrected chi connectivity index (χ1v) is 6.49. The van der Waals surface area contributed by atoms with Gasteiger partial charge in [-0.1, -0.05) is 6.07 Å². The lowest BCUT2D eigenvalue weighted by atomic mass is 9.99. The summed E-state index contributed by atoms with van der Waals surface area (Å²) in [5, 5.41) is 0. The molecule has 2 heterocycles. The third kappa shape index (κ3) is 1.93. The van der Waals surface area contributed by atoms with Crippen molar-refractivity contribution in [1.29, 1.82) is 0 Å². The summed E-state index contributed by atoms with van der Waals surface area (Å²) in [4.78, 5) is 17.9. The van der Waals surface area contributed by atoms with Crippen molar-refractivity contribution in [2.45, 2.75) is 13.5 Å². The summed E-state index contributed by atoms with van der Waals surface area (Å²) in [6.07, 6.45) is 1.82. The summed E-state index contributed by atoms with van der Waals surface area (Å²) in [6, 6.07) is 7.87. The fourth-order valence-corrected chi connectivity index (χ4v) is 2.58. The lowest BCUT2D eigenvalue weighted by molar-refractivity contribution is 0.0816. The number of amides is 1. The number of aromatic nitrogens is 1. The smallest absolute Gasteiger partial charge is 0.254 e. The van der Waals surface area contributed by atoms with Crippen molar-refractivity contribution in [3.63, 3.8) is 0 Å². The molecule has 3 rings (SSSR count). The molecule has 0 bridgehead atoms. The summed E-state index contributed by atoms with van der Waals surface area (Å²) in [5.41, 5.74) is 5.13. The standard InChI is InChI=1S/C16H16N2O2/c1-10-6-15(20-3)17-8-14(10)11-4-5-13-12(7-11)9-18(2)16(13)19/h4-8H,9H2,1-3H3. The van der Waals surface area contributed by atoms with Crippen molar-refractivity contribution >= 4 is 5.91 Å². The number of hydrogen-bond acceptors (Lipinski definition) is 3. The molecule has 0 saturated carbocycles. The van der Waals surface area contributed by atoms with Gasteiger partial charge in [0.15, 0.2) is 0 Å². The average molecular weight is 268 g/mol. The van der Waals surface area contributed by atoms with Crippen LogP contribution in [0, 0.1) is 6.92 Å². The molecule has 0 atom stereocenters. The number of rotatable bonds is 2. The van der Waals surface area contributed by atoms with Crippen molar-refractivity contribution in [3.05, 3.63) is 47.2 Å². The van der Waals surface area contributed by atoms with E-state index in [9.17, 15) is 4.79 Å². The quantitative estimate of drug-likeness (QED) is 0.841. The second kappa shape index (κ2) is 4.63. The molecule has 0 saturated heterocycles. The Morgan fingerprint density at radius 2 is 2.05 bits per heavy atom. The molecule has 1 aromatic carbocycles. The minimum Gasteiger partial charge on any atom is -0.481 e. The highest BCUT2D eigenvalue weighted by Gasteiger charge is 2.24. The number of aryl methyl sites for hydroxylation is 1. The van der Waals surface area contributed by atoms with Gasteiger partial charge < -0.3 is 9.64 Å². The molecule has 4 heteroatoms. The summed E-state index contributed by atoms with van der Waals surface area (Å²) in [5.74, 6) is 0.707. The SMILES string of the molecule is COc1cc(C)c(-c2ccc3c(c2)CN(C)C3=O)cn1. The molecular weight excluding hydrogens is 252 g/mol. The summed E-state index contributed by atoms with van der Waals surface area (Å²) in [7, 11) is 3.43. The second-order valence-electron chi connectivity index (χ2n) is 5.07. The maximum absolute atomic E-state index is 11.9. The van der Waals surface area contributed by atoms with Crippen LogP contribution in [0.25, 0.3) is 11.1 Å². The first kappa shape index (κ1) is 12.7. The van der Waals surface area contributed by atoms with Crippen LogP contribution in [0.15, 0.2) is 30.5 Å². The van der Waals surface area contributed by atoms with Crippen LogP contribution in [0.4, 0.5) is 0 Å². The van der Waals surface area contributed by atoms with Gasteiger partial charge in [0, 0.05) is 37.0 Å². The van der Waals surface area contributed by atoms with Gasteiger partial charge in [-0.15, -0.1) is 0 Å². The number of hydrogen-bond donors (Lipinski definition) is 0. The van der Waals surface area contributed by atoms with Crippen molar-refractivity contribution in [2.24, 2.45) is 0 Å². The van der Waals surface area contributed by atoms with Gasteiger partial charge in [-0.3, -0.25) is 4.79 Å². The van der Waals surface area contributed by atoms with Crippen LogP contribution in [0.2, 0.25) is 0 Å². The van der Waals surface area contributed by atoms with E-state index in [0.717, 1.165) is 27.8 Å². The zero-order valence-electron chi connectivity index (χ0n) is 11.8. The molecule has 0 N–H and O–H groups in total. The molecule has 1 aliphatic rings. The number of ether oxygens (including phenoxy) is 1. The summed E-state index contributed by atoms with van der Waals surface area (Å²) >= 11 is 0. The number of carbonyl (C=O) groups is 1. The van der Waals surface area contributed by atoms with Gasteiger partial charge in [0.05, 0.1) is 7.11 Å². The van der Waals surface area contributed by atoms with Gasteiger partial charge >= 0.3 is 0 Å². The van der Waals surface area contributed by atoms with Gasteiger partial charge in [-0.2, -0.15) is 0 Å². The molecule has 20 heavy (non-hydrogen) atoms. The summed E-state index contributed by atoms with van der Waals surface area (Å²) < 4.78 is 5.13. The predicted molar refractivity (Wildman–Crippen MR) is 76.8 cm³/mol. The number of nitrogens with zero attached hydrogens (tertiary/aromatic N) is 2. The highest BCUT2D eigenvalue weighted by atomic mass is 16.5. The maximum atomic E-state index is 11.9. The fraction of sp³-hybridized carbons (Fsp3) is 0.250. The van der Waals surface area contributed by atoms with Crippen LogP contribution in [0.3, 0.4) is 0 Å². The second-order valence-corrected chi connectivity index (χ2v) is 5.07. The Bertz CT molecular complexity index is 695. The number of benzene rings is 1. The molecule has 0 spiro atoms. The van der Waals surface area contributed by atoms with E-state index >= 15 is 0 Å². The Labute approximate surface area is 118 Å². The molecule has 0 unspecified atom stereocenters. The fourth-order valence-electron chi connectivity index (χ4n) is 2.58. The summed E-state index contributed by atoms with van der Waals surface area (Å²) in [6.45, 7) is 2.70. The van der Waals surface area contributed by atoms with Crippen LogP contribution in [-0.4, -0.2) is 29.9 Å². The minimum absolute atomic E-state index is 0.0936. The molecule has 1 amide bonds. The first-order chi connectivity index (χ1) is 9.60. The van der Waals surface area contributed by atoms with E-state index in [2.05, 4.69) is 11.1 Å². The first-order valence-electron chi connectivity index (χ1n) is 6.49. The van der Waals surface area contributed by atoms with E-state index in [1.807, 2.05) is 38.4 Å². The average Bonchev–Trinajstić information content (AvgIpc) is 2.73. The molecule has 0 radical (unpaired) electrons. The highest BCUT2D eigenvalue weighted by Crippen LogP contribution is 2.30. The van der Waals surface area contributed by atoms with Crippen molar-refractivity contribution in [3.8, 4) is 17.0 Å². The molecular formula is C16H16N2O2. The Hall–Kier alpha value is -2.36. The van der Waals surface area contributed by atoms with Crippen LogP contribution < -0.4 is 4.74 Å². The van der Waals surface area contributed by atoms with Crippen LogP contribution in [0.1, 0.15) is 21.5 Å².